The van der Waals surface area contributed by atoms with Crippen LogP contribution in [0.4, 0.5) is 0 Å². The molecule has 0 heterocycles. The highest BCUT2D eigenvalue weighted by atomic mass is 28.1. The van der Waals surface area contributed by atoms with Crippen molar-refractivity contribution in [2.75, 3.05) is 0 Å². The second-order valence-electron chi connectivity index (χ2n) is 3.39. The Morgan fingerprint density at radius 1 is 0.909 bits per heavy atom. The molecule has 0 saturated carbocycles. The van der Waals surface area contributed by atoms with E-state index in [-0.39, 0.29) is 0 Å². The van der Waals surface area contributed by atoms with E-state index in [0.717, 1.165) is 0 Å². The molecule has 0 radical (unpaired) electrons. The van der Waals surface area contributed by atoms with Gasteiger partial charge in [-0.15, -0.1) is 0 Å². The maximum absolute atomic E-state index is 2.30. The van der Waals surface area contributed by atoms with E-state index in [1.54, 1.807) is 5.19 Å². The van der Waals surface area contributed by atoms with Crippen LogP contribution in [0.3, 0.4) is 0 Å². The molecule has 0 aliphatic rings. The van der Waals surface area contributed by atoms with Gasteiger partial charge in [0.25, 0.3) is 0 Å². The molecule has 0 N–H and O–H groups in total. The predicted molar refractivity (Wildman–Crippen MR) is 55.0 cm³/mol. The first kappa shape index (κ1) is 8.53. The van der Waals surface area contributed by atoms with Gasteiger partial charge in [0.05, 0.1) is 0 Å². The molecule has 0 saturated heterocycles. The summed E-state index contributed by atoms with van der Waals surface area (Å²) in [5.41, 5.74) is 5.88. The molecule has 0 spiro atoms. The van der Waals surface area contributed by atoms with Gasteiger partial charge in [-0.3, -0.25) is 0 Å². The zero-order valence-electron chi connectivity index (χ0n) is 8.08. The minimum absolute atomic E-state index is 1.17. The predicted octanol–water partition coefficient (Wildman–Crippen LogP) is 0.911. The topological polar surface area (TPSA) is 0 Å². The van der Waals surface area contributed by atoms with Gasteiger partial charge in [0.2, 0.25) is 0 Å². The summed E-state index contributed by atoms with van der Waals surface area (Å²) in [5.74, 6) is 0. The smallest absolute Gasteiger partial charge is 0.0392 e. The standard InChI is InChI=1S/C10H16Si/c1-6-5-7(2)10(11)9(4)8(6)3/h5H,1-4,11H3. The van der Waals surface area contributed by atoms with Crippen molar-refractivity contribution in [1.29, 1.82) is 0 Å². The Bertz CT molecular complexity index is 261. The maximum atomic E-state index is 2.30. The largest absolute Gasteiger partial charge is 0.0648 e. The molecular weight excluding hydrogens is 148 g/mol. The van der Waals surface area contributed by atoms with Crippen LogP contribution in [-0.2, 0) is 0 Å². The molecule has 60 valence electrons. The zero-order valence-corrected chi connectivity index (χ0v) is 10.1. The second-order valence-corrected chi connectivity index (χ2v) is 4.39. The number of rotatable bonds is 0. The Morgan fingerprint density at radius 3 is 2.00 bits per heavy atom. The highest BCUT2D eigenvalue weighted by molar-refractivity contribution is 6.34. The van der Waals surface area contributed by atoms with E-state index in [4.69, 9.17) is 0 Å². The van der Waals surface area contributed by atoms with Crippen LogP contribution < -0.4 is 5.19 Å². The molecule has 0 aromatic heterocycles. The van der Waals surface area contributed by atoms with Gasteiger partial charge in [0, 0.05) is 10.2 Å². The third kappa shape index (κ3) is 1.38. The maximum Gasteiger partial charge on any atom is 0.0392 e. The van der Waals surface area contributed by atoms with Crippen molar-refractivity contribution in [2.24, 2.45) is 0 Å². The van der Waals surface area contributed by atoms with E-state index >= 15 is 0 Å². The summed E-state index contributed by atoms with van der Waals surface area (Å²) in [5, 5.41) is 1.58. The first-order valence-corrected chi connectivity index (χ1v) is 5.08. The summed E-state index contributed by atoms with van der Waals surface area (Å²) >= 11 is 0. The van der Waals surface area contributed by atoms with E-state index in [1.165, 1.54) is 32.5 Å². The molecule has 1 rings (SSSR count). The molecule has 1 aromatic carbocycles. The minimum atomic E-state index is 1.17. The lowest BCUT2D eigenvalue weighted by molar-refractivity contribution is 1.26. The number of benzene rings is 1. The van der Waals surface area contributed by atoms with Crippen molar-refractivity contribution in [3.63, 3.8) is 0 Å². The average Bonchev–Trinajstić information content (AvgIpc) is 1.97. The van der Waals surface area contributed by atoms with Crippen LogP contribution in [0.2, 0.25) is 0 Å². The Morgan fingerprint density at radius 2 is 1.45 bits per heavy atom. The summed E-state index contributed by atoms with van der Waals surface area (Å²) in [6, 6.07) is 2.30. The van der Waals surface area contributed by atoms with Crippen LogP contribution in [0.15, 0.2) is 6.07 Å². The second kappa shape index (κ2) is 2.82. The SMILES string of the molecule is Cc1cc(C)c([SiH3])c(C)c1C. The normalized spacial score (nSPS) is 10.5. The molecule has 0 bridgehead atoms. The van der Waals surface area contributed by atoms with Gasteiger partial charge in [0.1, 0.15) is 0 Å². The quantitative estimate of drug-likeness (QED) is 0.500. The molecule has 0 aliphatic carbocycles. The summed E-state index contributed by atoms with van der Waals surface area (Å²) in [7, 11) is 1.17. The van der Waals surface area contributed by atoms with E-state index in [0.29, 0.717) is 0 Å². The minimum Gasteiger partial charge on any atom is -0.0648 e. The fourth-order valence-electron chi connectivity index (χ4n) is 1.41. The Kier molecular flexibility index (Phi) is 2.19. The van der Waals surface area contributed by atoms with Crippen LogP contribution in [0.5, 0.6) is 0 Å². The van der Waals surface area contributed by atoms with Gasteiger partial charge in [-0.05, 0) is 44.4 Å². The van der Waals surface area contributed by atoms with E-state index in [9.17, 15) is 0 Å². The van der Waals surface area contributed by atoms with Gasteiger partial charge in [-0.1, -0.05) is 16.8 Å². The van der Waals surface area contributed by atoms with Crippen molar-refractivity contribution in [1.82, 2.24) is 0 Å². The lowest BCUT2D eigenvalue weighted by Crippen LogP contribution is -2.13. The Labute approximate surface area is 72.1 Å². The highest BCUT2D eigenvalue weighted by Crippen LogP contribution is 2.11. The fourth-order valence-corrected chi connectivity index (χ4v) is 1.93. The third-order valence-corrected chi connectivity index (χ3v) is 4.28. The summed E-state index contributed by atoms with van der Waals surface area (Å²) in [4.78, 5) is 0. The van der Waals surface area contributed by atoms with Gasteiger partial charge in [-0.25, -0.2) is 0 Å². The third-order valence-electron chi connectivity index (χ3n) is 2.74. The van der Waals surface area contributed by atoms with Gasteiger partial charge < -0.3 is 0 Å². The zero-order chi connectivity index (χ0) is 8.59. The Hall–Kier alpha value is -0.563. The molecule has 0 fully saturated rings. The van der Waals surface area contributed by atoms with Crippen LogP contribution in [0, 0.1) is 27.7 Å². The number of hydrogen-bond acceptors (Lipinski definition) is 0. The molecule has 1 aromatic rings. The highest BCUT2D eigenvalue weighted by Gasteiger charge is 2.02. The molecule has 0 amide bonds. The van der Waals surface area contributed by atoms with Crippen molar-refractivity contribution < 1.29 is 0 Å². The van der Waals surface area contributed by atoms with Gasteiger partial charge in [-0.2, -0.15) is 0 Å². The van der Waals surface area contributed by atoms with Crippen molar-refractivity contribution in [3.05, 3.63) is 28.3 Å². The lowest BCUT2D eigenvalue weighted by Gasteiger charge is -2.10. The van der Waals surface area contributed by atoms with E-state index in [1.807, 2.05) is 0 Å². The molecule has 0 aliphatic heterocycles. The van der Waals surface area contributed by atoms with E-state index in [2.05, 4.69) is 33.8 Å². The number of hydrogen-bond donors (Lipinski definition) is 0. The van der Waals surface area contributed by atoms with Crippen LogP contribution in [0.25, 0.3) is 0 Å². The van der Waals surface area contributed by atoms with Crippen LogP contribution in [0.1, 0.15) is 22.3 Å². The molecule has 11 heavy (non-hydrogen) atoms. The van der Waals surface area contributed by atoms with Crippen molar-refractivity contribution in [2.45, 2.75) is 27.7 Å². The summed E-state index contributed by atoms with van der Waals surface area (Å²) < 4.78 is 0. The van der Waals surface area contributed by atoms with E-state index < -0.39 is 0 Å². The first-order chi connectivity index (χ1) is 5.04. The van der Waals surface area contributed by atoms with Crippen molar-refractivity contribution in [3.8, 4) is 0 Å². The number of aryl methyl sites for hydroxylation is 2. The van der Waals surface area contributed by atoms with Gasteiger partial charge >= 0.3 is 0 Å². The molecule has 0 nitrogen and oxygen atoms in total. The molecule has 0 unspecified atom stereocenters. The molecular formula is C10H16Si. The van der Waals surface area contributed by atoms with Crippen LogP contribution >= 0.6 is 0 Å². The summed E-state index contributed by atoms with van der Waals surface area (Å²) in [6.07, 6.45) is 0. The van der Waals surface area contributed by atoms with Crippen molar-refractivity contribution >= 4 is 15.4 Å². The van der Waals surface area contributed by atoms with Crippen LogP contribution in [-0.4, -0.2) is 10.2 Å². The Balaban J connectivity index is 3.46. The molecule has 1 heteroatoms. The summed E-state index contributed by atoms with van der Waals surface area (Å²) in [6.45, 7) is 8.85. The average molecular weight is 164 g/mol. The first-order valence-electron chi connectivity index (χ1n) is 4.08. The molecule has 0 atom stereocenters. The monoisotopic (exact) mass is 164 g/mol. The fraction of sp³-hybridized carbons (Fsp3) is 0.400. The lowest BCUT2D eigenvalue weighted by atomic mass is 10.0. The van der Waals surface area contributed by atoms with Gasteiger partial charge in [0.15, 0.2) is 0 Å².